The Morgan fingerprint density at radius 2 is 2.00 bits per heavy atom. The highest BCUT2D eigenvalue weighted by atomic mass is 32.1. The van der Waals surface area contributed by atoms with Gasteiger partial charge in [-0.1, -0.05) is 31.2 Å². The molecule has 1 rings (SSSR count). The van der Waals surface area contributed by atoms with E-state index in [0.29, 0.717) is 5.46 Å². The molecule has 0 aliphatic heterocycles. The maximum absolute atomic E-state index is 9.05. The summed E-state index contributed by atoms with van der Waals surface area (Å²) < 4.78 is 0. The lowest BCUT2D eigenvalue weighted by Gasteiger charge is -2.09. The molecule has 0 aliphatic carbocycles. The summed E-state index contributed by atoms with van der Waals surface area (Å²) in [5.41, 5.74) is 1.52. The van der Waals surface area contributed by atoms with Gasteiger partial charge in [-0.25, -0.2) is 0 Å². The Kier molecular flexibility index (Phi) is 3.84. The van der Waals surface area contributed by atoms with Crippen LogP contribution in [0.4, 0.5) is 0 Å². The van der Waals surface area contributed by atoms with E-state index in [-0.39, 0.29) is 5.25 Å². The van der Waals surface area contributed by atoms with Gasteiger partial charge in [0.15, 0.2) is 0 Å². The van der Waals surface area contributed by atoms with E-state index in [9.17, 15) is 0 Å². The maximum atomic E-state index is 9.05. The highest BCUT2D eigenvalue weighted by Gasteiger charge is 2.15. The van der Waals surface area contributed by atoms with Crippen molar-refractivity contribution >= 4 is 25.2 Å². The Balaban J connectivity index is 2.91. The molecule has 0 spiro atoms. The molecule has 2 nitrogen and oxygen atoms in total. The van der Waals surface area contributed by atoms with Gasteiger partial charge in [-0.3, -0.25) is 0 Å². The molecule has 0 fully saturated rings. The first kappa shape index (κ1) is 10.6. The van der Waals surface area contributed by atoms with Crippen LogP contribution in [0, 0.1) is 0 Å². The molecule has 1 unspecified atom stereocenters. The Morgan fingerprint density at radius 3 is 2.54 bits per heavy atom. The Morgan fingerprint density at radius 1 is 1.38 bits per heavy atom. The van der Waals surface area contributed by atoms with Crippen molar-refractivity contribution < 1.29 is 10.0 Å². The van der Waals surface area contributed by atoms with Crippen LogP contribution in [-0.2, 0) is 6.42 Å². The molecule has 1 atom stereocenters. The van der Waals surface area contributed by atoms with Gasteiger partial charge in [-0.2, -0.15) is 12.6 Å². The molecular formula is C9H13BO2S. The molecule has 0 saturated carbocycles. The zero-order valence-electron chi connectivity index (χ0n) is 7.51. The van der Waals surface area contributed by atoms with Crippen molar-refractivity contribution in [3.05, 3.63) is 29.8 Å². The summed E-state index contributed by atoms with van der Waals surface area (Å²) in [7, 11) is -1.39. The summed E-state index contributed by atoms with van der Waals surface area (Å²) in [6, 6.07) is 7.29. The number of hydrogen-bond donors (Lipinski definition) is 3. The summed E-state index contributed by atoms with van der Waals surface area (Å²) in [4.78, 5) is 0. The third kappa shape index (κ3) is 3.06. The van der Waals surface area contributed by atoms with Crippen LogP contribution in [0.3, 0.4) is 0 Å². The minimum Gasteiger partial charge on any atom is -0.423 e. The van der Waals surface area contributed by atoms with Gasteiger partial charge in [0.25, 0.3) is 0 Å². The number of rotatable bonds is 3. The quantitative estimate of drug-likeness (QED) is 0.478. The monoisotopic (exact) mass is 196 g/mol. The van der Waals surface area contributed by atoms with Gasteiger partial charge >= 0.3 is 7.12 Å². The van der Waals surface area contributed by atoms with Crippen LogP contribution >= 0.6 is 12.6 Å². The average Bonchev–Trinajstić information content (AvgIpc) is 2.03. The molecule has 0 radical (unpaired) electrons. The number of hydrogen-bond acceptors (Lipinski definition) is 3. The molecule has 1 aromatic rings. The topological polar surface area (TPSA) is 40.5 Å². The van der Waals surface area contributed by atoms with E-state index in [1.165, 1.54) is 0 Å². The molecule has 0 bridgehead atoms. The second kappa shape index (κ2) is 4.70. The summed E-state index contributed by atoms with van der Waals surface area (Å²) >= 11 is 4.26. The van der Waals surface area contributed by atoms with Crippen LogP contribution in [0.15, 0.2) is 24.3 Å². The van der Waals surface area contributed by atoms with Crippen LogP contribution in [0.25, 0.3) is 0 Å². The molecule has 4 heteroatoms. The number of benzene rings is 1. The van der Waals surface area contributed by atoms with Gasteiger partial charge in [0.1, 0.15) is 0 Å². The van der Waals surface area contributed by atoms with Gasteiger partial charge in [0.05, 0.1) is 0 Å². The minimum absolute atomic E-state index is 0.222. The molecule has 1 aromatic carbocycles. The average molecular weight is 196 g/mol. The molecule has 0 aromatic heterocycles. The second-order valence-corrected chi connectivity index (χ2v) is 4.01. The van der Waals surface area contributed by atoms with Gasteiger partial charge in [0.2, 0.25) is 0 Å². The van der Waals surface area contributed by atoms with Crippen LogP contribution in [-0.4, -0.2) is 22.4 Å². The summed E-state index contributed by atoms with van der Waals surface area (Å²) in [6.45, 7) is 1.98. The summed E-state index contributed by atoms with van der Waals surface area (Å²) in [5.74, 6) is 0. The van der Waals surface area contributed by atoms with Gasteiger partial charge in [-0.15, -0.1) is 0 Å². The largest absolute Gasteiger partial charge is 0.488 e. The fourth-order valence-corrected chi connectivity index (χ4v) is 1.49. The lowest BCUT2D eigenvalue weighted by Crippen LogP contribution is -2.33. The highest BCUT2D eigenvalue weighted by Crippen LogP contribution is 2.05. The Labute approximate surface area is 84.2 Å². The Hall–Kier alpha value is -0.445. The lowest BCUT2D eigenvalue weighted by atomic mass is 9.76. The molecule has 2 N–H and O–H groups in total. The molecule has 0 heterocycles. The predicted octanol–water partition coefficient (Wildman–Crippen LogP) is 0.227. The zero-order chi connectivity index (χ0) is 9.84. The Bertz CT molecular complexity index is 276. The third-order valence-electron chi connectivity index (χ3n) is 1.85. The van der Waals surface area contributed by atoms with Crippen molar-refractivity contribution in [2.45, 2.75) is 18.6 Å². The number of thiol groups is 1. The summed E-state index contributed by atoms with van der Waals surface area (Å²) in [6.07, 6.45) is 0.747. The van der Waals surface area contributed by atoms with Crippen LogP contribution in [0.2, 0.25) is 0 Å². The lowest BCUT2D eigenvalue weighted by molar-refractivity contribution is 0.425. The zero-order valence-corrected chi connectivity index (χ0v) is 8.41. The predicted molar refractivity (Wildman–Crippen MR) is 58.4 cm³/mol. The molecule has 70 valence electrons. The van der Waals surface area contributed by atoms with E-state index in [1.54, 1.807) is 12.1 Å². The van der Waals surface area contributed by atoms with Crippen LogP contribution < -0.4 is 5.46 Å². The SMILES string of the molecule is CC(S)Cc1ccccc1B(O)O. The smallest absolute Gasteiger partial charge is 0.423 e. The van der Waals surface area contributed by atoms with Crippen molar-refractivity contribution in [1.82, 2.24) is 0 Å². The van der Waals surface area contributed by atoms with Crippen molar-refractivity contribution in [3.8, 4) is 0 Å². The van der Waals surface area contributed by atoms with Crippen LogP contribution in [0.1, 0.15) is 12.5 Å². The van der Waals surface area contributed by atoms with Crippen molar-refractivity contribution in [3.63, 3.8) is 0 Å². The summed E-state index contributed by atoms with van der Waals surface area (Å²) in [5, 5.41) is 18.3. The van der Waals surface area contributed by atoms with E-state index >= 15 is 0 Å². The van der Waals surface area contributed by atoms with Crippen molar-refractivity contribution in [2.24, 2.45) is 0 Å². The standard InChI is InChI=1S/C9H13BO2S/c1-7(13)6-8-4-2-3-5-9(8)10(11)12/h2-5,7,11-13H,6H2,1H3. The first-order valence-electron chi connectivity index (χ1n) is 4.23. The highest BCUT2D eigenvalue weighted by molar-refractivity contribution is 7.80. The van der Waals surface area contributed by atoms with Crippen molar-refractivity contribution in [2.75, 3.05) is 0 Å². The van der Waals surface area contributed by atoms with E-state index in [0.717, 1.165) is 12.0 Å². The maximum Gasteiger partial charge on any atom is 0.488 e. The molecule has 0 aliphatic rings. The van der Waals surface area contributed by atoms with E-state index in [4.69, 9.17) is 10.0 Å². The fourth-order valence-electron chi connectivity index (χ4n) is 1.29. The normalized spacial score (nSPS) is 12.6. The van der Waals surface area contributed by atoms with E-state index < -0.39 is 7.12 Å². The van der Waals surface area contributed by atoms with E-state index in [2.05, 4.69) is 12.6 Å². The molecular weight excluding hydrogens is 183 g/mol. The van der Waals surface area contributed by atoms with E-state index in [1.807, 2.05) is 19.1 Å². The first-order chi connectivity index (χ1) is 6.11. The van der Waals surface area contributed by atoms with Gasteiger partial charge in [-0.05, 0) is 17.4 Å². The minimum atomic E-state index is -1.39. The third-order valence-corrected chi connectivity index (χ3v) is 2.03. The first-order valence-corrected chi connectivity index (χ1v) is 4.75. The second-order valence-electron chi connectivity index (χ2n) is 3.13. The molecule has 13 heavy (non-hydrogen) atoms. The van der Waals surface area contributed by atoms with Crippen LogP contribution in [0.5, 0.6) is 0 Å². The van der Waals surface area contributed by atoms with Gasteiger partial charge in [0, 0.05) is 5.25 Å². The van der Waals surface area contributed by atoms with Crippen molar-refractivity contribution in [1.29, 1.82) is 0 Å². The van der Waals surface area contributed by atoms with Gasteiger partial charge < -0.3 is 10.0 Å². The molecule has 0 saturated heterocycles. The fraction of sp³-hybridized carbons (Fsp3) is 0.333. The molecule has 0 amide bonds.